The minimum absolute atomic E-state index is 0.185. The van der Waals surface area contributed by atoms with E-state index in [1.54, 1.807) is 43.7 Å². The summed E-state index contributed by atoms with van der Waals surface area (Å²) in [4.78, 5) is 17.8. The van der Waals surface area contributed by atoms with E-state index in [2.05, 4.69) is 36.3 Å². The molecule has 4 aromatic rings. The molecular weight excluding hydrogens is 506 g/mol. The van der Waals surface area contributed by atoms with Crippen LogP contribution in [0.5, 0.6) is 5.75 Å². The summed E-state index contributed by atoms with van der Waals surface area (Å²) in [5, 5.41) is 2.93. The van der Waals surface area contributed by atoms with Crippen molar-refractivity contribution in [3.05, 3.63) is 102 Å². The van der Waals surface area contributed by atoms with Gasteiger partial charge in [-0.3, -0.25) is 4.79 Å². The first-order chi connectivity index (χ1) is 19.0. The Morgan fingerprint density at radius 2 is 1.79 bits per heavy atom. The van der Waals surface area contributed by atoms with Gasteiger partial charge in [0.2, 0.25) is 0 Å². The number of aryl methyl sites for hydroxylation is 1. The van der Waals surface area contributed by atoms with E-state index in [0.29, 0.717) is 28.5 Å². The lowest BCUT2D eigenvalue weighted by atomic mass is 10.0. The molecule has 39 heavy (non-hydrogen) atoms. The second-order valence-corrected chi connectivity index (χ2v) is 10.8. The fourth-order valence-corrected chi connectivity index (χ4v) is 5.25. The molecule has 4 rings (SSSR count). The fourth-order valence-electron chi connectivity index (χ4n) is 4.14. The molecule has 7 heteroatoms. The lowest BCUT2D eigenvalue weighted by Crippen LogP contribution is -2.13. The van der Waals surface area contributed by atoms with E-state index >= 15 is 0 Å². The molecule has 1 amide bonds. The molecular formula is C32H35N3O3S. The first-order valence-electron chi connectivity index (χ1n) is 13.3. The summed E-state index contributed by atoms with van der Waals surface area (Å²) in [7, 11) is 0. The molecule has 0 aliphatic carbocycles. The average molecular weight is 542 g/mol. The molecule has 0 aliphatic rings. The second kappa shape index (κ2) is 13.8. The van der Waals surface area contributed by atoms with Crippen LogP contribution in [0.1, 0.15) is 44.9 Å². The van der Waals surface area contributed by atoms with Crippen molar-refractivity contribution in [1.29, 1.82) is 0 Å². The summed E-state index contributed by atoms with van der Waals surface area (Å²) >= 11 is -1.20. The number of anilines is 1. The van der Waals surface area contributed by atoms with Gasteiger partial charge in [0.1, 0.15) is 5.75 Å². The van der Waals surface area contributed by atoms with Crippen molar-refractivity contribution < 1.29 is 14.1 Å². The number of amides is 1. The van der Waals surface area contributed by atoms with Gasteiger partial charge in [-0.05, 0) is 96.2 Å². The number of nitrogens with one attached hydrogen (secondary N) is 1. The van der Waals surface area contributed by atoms with Crippen LogP contribution in [0.2, 0.25) is 0 Å². The third-order valence-corrected chi connectivity index (χ3v) is 7.56. The Hall–Kier alpha value is -3.81. The standard InChI is InChI=1S/C32H35N3O3S/c1-4-17-35-23-33-21-29(35)22-39(37)31-15-11-28(12-16-31)34-32(36)24(3)19-25-7-6-8-27(20-25)26-9-13-30(14-10-26)38-18-5-2/h6-16,19-21,23H,4-5,17-18,22H2,1-3H3,(H,34,36)/b24-19+/t39-/m0/s1. The molecule has 202 valence electrons. The Balaban J connectivity index is 1.37. The number of hydrogen-bond acceptors (Lipinski definition) is 4. The van der Waals surface area contributed by atoms with E-state index in [9.17, 15) is 9.35 Å². The van der Waals surface area contributed by atoms with E-state index in [1.165, 1.54) is 0 Å². The van der Waals surface area contributed by atoms with Gasteiger partial charge in [-0.1, -0.05) is 44.2 Å². The highest BCUT2D eigenvalue weighted by molar-refractivity contribution is 7.90. The molecule has 0 saturated carbocycles. The average Bonchev–Trinajstić information content (AvgIpc) is 3.39. The van der Waals surface area contributed by atoms with Gasteiger partial charge in [-0.15, -0.1) is 0 Å². The zero-order valence-electron chi connectivity index (χ0n) is 22.7. The van der Waals surface area contributed by atoms with E-state index < -0.39 is 11.2 Å². The summed E-state index contributed by atoms with van der Waals surface area (Å²) in [6, 6.07) is 23.3. The molecule has 0 spiro atoms. The second-order valence-electron chi connectivity index (χ2n) is 9.37. The smallest absolute Gasteiger partial charge is 0.251 e. The molecule has 6 nitrogen and oxygen atoms in total. The van der Waals surface area contributed by atoms with Crippen molar-refractivity contribution >= 4 is 28.8 Å². The van der Waals surface area contributed by atoms with E-state index in [4.69, 9.17) is 4.74 Å². The van der Waals surface area contributed by atoms with Crippen LogP contribution < -0.4 is 10.1 Å². The summed E-state index contributed by atoms with van der Waals surface area (Å²) in [5.41, 5.74) is 5.30. The Labute approximate surface area is 233 Å². The SMILES string of the molecule is CCCOc1ccc(-c2cccc(/C=C(\C)C(=O)Nc3ccc([S@@+]([O-])Cc4cncn4CCC)cc3)c2)cc1. The van der Waals surface area contributed by atoms with Gasteiger partial charge in [-0.2, -0.15) is 0 Å². The van der Waals surface area contributed by atoms with Crippen molar-refractivity contribution in [2.24, 2.45) is 0 Å². The number of carbonyl (C=O) groups is 1. The minimum Gasteiger partial charge on any atom is -0.611 e. The maximum atomic E-state index is 12.9. The number of aromatic nitrogens is 2. The predicted octanol–water partition coefficient (Wildman–Crippen LogP) is 7.10. The maximum Gasteiger partial charge on any atom is 0.251 e. The van der Waals surface area contributed by atoms with E-state index in [-0.39, 0.29) is 5.91 Å². The van der Waals surface area contributed by atoms with Gasteiger partial charge in [-0.25, -0.2) is 4.98 Å². The molecule has 0 unspecified atom stereocenters. The normalized spacial score (nSPS) is 12.3. The summed E-state index contributed by atoms with van der Waals surface area (Å²) in [6.45, 7) is 7.55. The monoisotopic (exact) mass is 541 g/mol. The van der Waals surface area contributed by atoms with Crippen LogP contribution >= 0.6 is 0 Å². The number of imidazole rings is 1. The number of benzene rings is 3. The molecule has 0 bridgehead atoms. The van der Waals surface area contributed by atoms with Crippen molar-refractivity contribution in [2.45, 2.75) is 50.8 Å². The van der Waals surface area contributed by atoms with E-state index in [1.807, 2.05) is 47.0 Å². The van der Waals surface area contributed by atoms with Crippen molar-refractivity contribution in [1.82, 2.24) is 9.55 Å². The number of hydrogen-bond donors (Lipinski definition) is 1. The van der Waals surface area contributed by atoms with Crippen LogP contribution in [0, 0.1) is 0 Å². The molecule has 0 saturated heterocycles. The molecule has 1 N–H and O–H groups in total. The molecule has 1 atom stereocenters. The molecule has 0 fully saturated rings. The van der Waals surface area contributed by atoms with Crippen molar-refractivity contribution in [2.75, 3.05) is 11.9 Å². The topological polar surface area (TPSA) is 79.2 Å². The maximum absolute atomic E-state index is 12.9. The zero-order chi connectivity index (χ0) is 27.6. The molecule has 3 aromatic carbocycles. The van der Waals surface area contributed by atoms with Gasteiger partial charge in [0.25, 0.3) is 5.91 Å². The van der Waals surface area contributed by atoms with Crippen molar-refractivity contribution in [3.8, 4) is 16.9 Å². The highest BCUT2D eigenvalue weighted by atomic mass is 32.2. The Bertz CT molecular complexity index is 1390. The van der Waals surface area contributed by atoms with Gasteiger partial charge < -0.3 is 19.2 Å². The highest BCUT2D eigenvalue weighted by Gasteiger charge is 2.15. The first kappa shape index (κ1) is 28.2. The minimum atomic E-state index is -1.20. The first-order valence-corrected chi connectivity index (χ1v) is 14.6. The molecule has 1 heterocycles. The Kier molecular flexibility index (Phi) is 10.00. The summed E-state index contributed by atoms with van der Waals surface area (Å²) in [6.07, 6.45) is 7.39. The van der Waals surface area contributed by atoms with Gasteiger partial charge in [0.05, 0.1) is 24.8 Å². The van der Waals surface area contributed by atoms with Crippen LogP contribution in [-0.2, 0) is 28.3 Å². The van der Waals surface area contributed by atoms with Crippen LogP contribution in [0.3, 0.4) is 0 Å². The fraction of sp³-hybridized carbons (Fsp3) is 0.250. The third-order valence-electron chi connectivity index (χ3n) is 6.21. The van der Waals surface area contributed by atoms with Crippen LogP contribution in [0.15, 0.2) is 95.8 Å². The van der Waals surface area contributed by atoms with E-state index in [0.717, 1.165) is 47.5 Å². The van der Waals surface area contributed by atoms with Crippen LogP contribution in [0.25, 0.3) is 17.2 Å². The summed E-state index contributed by atoms with van der Waals surface area (Å²) in [5.74, 6) is 1.08. The predicted molar refractivity (Wildman–Crippen MR) is 159 cm³/mol. The van der Waals surface area contributed by atoms with Crippen molar-refractivity contribution in [3.63, 3.8) is 0 Å². The Morgan fingerprint density at radius 1 is 1.03 bits per heavy atom. The molecule has 1 aromatic heterocycles. The third kappa shape index (κ3) is 7.85. The van der Waals surface area contributed by atoms with Gasteiger partial charge in [0.15, 0.2) is 10.6 Å². The summed E-state index contributed by atoms with van der Waals surface area (Å²) < 4.78 is 20.6. The number of carbonyl (C=O) groups excluding carboxylic acids is 1. The number of nitrogens with zero attached hydrogens (tertiary/aromatic N) is 2. The quantitative estimate of drug-likeness (QED) is 0.153. The number of rotatable bonds is 12. The van der Waals surface area contributed by atoms with Crippen LogP contribution in [-0.4, -0.2) is 26.6 Å². The number of ether oxygens (including phenoxy) is 1. The van der Waals surface area contributed by atoms with Gasteiger partial charge >= 0.3 is 0 Å². The lowest BCUT2D eigenvalue weighted by molar-refractivity contribution is -0.112. The van der Waals surface area contributed by atoms with Crippen LogP contribution in [0.4, 0.5) is 5.69 Å². The molecule has 0 aliphatic heterocycles. The Morgan fingerprint density at radius 3 is 2.51 bits per heavy atom. The lowest BCUT2D eigenvalue weighted by Gasteiger charge is -2.13. The highest BCUT2D eigenvalue weighted by Crippen LogP contribution is 2.25. The van der Waals surface area contributed by atoms with Gasteiger partial charge in [0, 0.05) is 17.8 Å². The largest absolute Gasteiger partial charge is 0.611 e. The molecule has 0 radical (unpaired) electrons. The zero-order valence-corrected chi connectivity index (χ0v) is 23.5.